The smallest absolute Gasteiger partial charge is 0.0479 e. The zero-order chi connectivity index (χ0) is 11.8. The molecular formula is C13H17ClIN. The fraction of sp³-hybridized carbons (Fsp3) is 0.538. The SMILES string of the molecule is CC1(C)CCCC1Nc1ccc(Cl)cc1I. The maximum absolute atomic E-state index is 5.96. The van der Waals surface area contributed by atoms with E-state index in [4.69, 9.17) is 11.6 Å². The van der Waals surface area contributed by atoms with Crippen LogP contribution in [0.15, 0.2) is 18.2 Å². The number of nitrogens with one attached hydrogen (secondary N) is 1. The van der Waals surface area contributed by atoms with Gasteiger partial charge in [0.2, 0.25) is 0 Å². The first-order valence-electron chi connectivity index (χ1n) is 5.71. The molecule has 1 aliphatic rings. The summed E-state index contributed by atoms with van der Waals surface area (Å²) < 4.78 is 1.20. The first-order valence-corrected chi connectivity index (χ1v) is 7.16. The Kier molecular flexibility index (Phi) is 3.69. The molecule has 16 heavy (non-hydrogen) atoms. The molecule has 0 aromatic heterocycles. The number of hydrogen-bond donors (Lipinski definition) is 1. The van der Waals surface area contributed by atoms with E-state index in [0.717, 1.165) is 5.02 Å². The normalized spacial score (nSPS) is 23.4. The van der Waals surface area contributed by atoms with Crippen molar-refractivity contribution in [2.75, 3.05) is 5.32 Å². The van der Waals surface area contributed by atoms with E-state index in [1.54, 1.807) is 0 Å². The molecule has 1 aromatic carbocycles. The molecule has 88 valence electrons. The highest BCUT2D eigenvalue weighted by Gasteiger charge is 2.34. The Hall–Kier alpha value is 0.0400. The van der Waals surface area contributed by atoms with Gasteiger partial charge in [0.15, 0.2) is 0 Å². The fourth-order valence-electron chi connectivity index (χ4n) is 2.39. The van der Waals surface area contributed by atoms with Gasteiger partial charge in [-0.3, -0.25) is 0 Å². The van der Waals surface area contributed by atoms with Crippen molar-refractivity contribution in [3.8, 4) is 0 Å². The van der Waals surface area contributed by atoms with Gasteiger partial charge in [0.25, 0.3) is 0 Å². The van der Waals surface area contributed by atoms with Gasteiger partial charge in [-0.2, -0.15) is 0 Å². The lowest BCUT2D eigenvalue weighted by molar-refractivity contribution is 0.350. The van der Waals surface area contributed by atoms with Gasteiger partial charge >= 0.3 is 0 Å². The standard InChI is InChI=1S/C13H17ClIN/c1-13(2)7-3-4-12(13)16-11-6-5-9(14)8-10(11)15/h5-6,8,12,16H,3-4,7H2,1-2H3. The van der Waals surface area contributed by atoms with E-state index < -0.39 is 0 Å². The molecule has 1 fully saturated rings. The van der Waals surface area contributed by atoms with Crippen molar-refractivity contribution in [1.82, 2.24) is 0 Å². The average Bonchev–Trinajstić information content (AvgIpc) is 2.50. The van der Waals surface area contributed by atoms with Gasteiger partial charge in [0, 0.05) is 20.3 Å². The second-order valence-electron chi connectivity index (χ2n) is 5.20. The van der Waals surface area contributed by atoms with Gasteiger partial charge in [-0.1, -0.05) is 31.9 Å². The van der Waals surface area contributed by atoms with Crippen LogP contribution in [0.3, 0.4) is 0 Å². The lowest BCUT2D eigenvalue weighted by Gasteiger charge is -2.29. The molecule has 1 unspecified atom stereocenters. The summed E-state index contributed by atoms with van der Waals surface area (Å²) in [6.07, 6.45) is 3.91. The Labute approximate surface area is 116 Å². The summed E-state index contributed by atoms with van der Waals surface area (Å²) in [7, 11) is 0. The van der Waals surface area contributed by atoms with E-state index >= 15 is 0 Å². The summed E-state index contributed by atoms with van der Waals surface area (Å²) in [5, 5.41) is 4.47. The minimum absolute atomic E-state index is 0.405. The van der Waals surface area contributed by atoms with Crippen molar-refractivity contribution in [3.05, 3.63) is 26.8 Å². The molecule has 0 amide bonds. The van der Waals surface area contributed by atoms with Crippen LogP contribution in [0.2, 0.25) is 5.02 Å². The third-order valence-corrected chi connectivity index (χ3v) is 4.65. The molecule has 0 aliphatic heterocycles. The highest BCUT2D eigenvalue weighted by molar-refractivity contribution is 14.1. The van der Waals surface area contributed by atoms with E-state index in [-0.39, 0.29) is 0 Å². The topological polar surface area (TPSA) is 12.0 Å². The molecule has 0 radical (unpaired) electrons. The highest BCUT2D eigenvalue weighted by Crippen LogP contribution is 2.39. The molecule has 1 aromatic rings. The first-order chi connectivity index (χ1) is 7.49. The maximum Gasteiger partial charge on any atom is 0.0479 e. The van der Waals surface area contributed by atoms with Gasteiger partial charge in [0.05, 0.1) is 0 Å². The Bertz CT molecular complexity index is 390. The average molecular weight is 350 g/mol. The predicted octanol–water partition coefficient (Wildman–Crippen LogP) is 4.94. The molecule has 0 bridgehead atoms. The van der Waals surface area contributed by atoms with Crippen LogP contribution < -0.4 is 5.32 Å². The molecule has 1 atom stereocenters. The fourth-order valence-corrected chi connectivity index (χ4v) is 3.42. The minimum atomic E-state index is 0.405. The van der Waals surface area contributed by atoms with Crippen LogP contribution in [0.4, 0.5) is 5.69 Å². The van der Waals surface area contributed by atoms with Gasteiger partial charge in [0.1, 0.15) is 0 Å². The van der Waals surface area contributed by atoms with Gasteiger partial charge in [-0.15, -0.1) is 0 Å². The van der Waals surface area contributed by atoms with E-state index in [1.807, 2.05) is 12.1 Å². The zero-order valence-corrected chi connectivity index (χ0v) is 12.6. The third-order valence-electron chi connectivity index (χ3n) is 3.52. The Morgan fingerprint density at radius 3 is 2.75 bits per heavy atom. The van der Waals surface area contributed by atoms with E-state index in [9.17, 15) is 0 Å². The molecule has 1 aliphatic carbocycles. The molecule has 0 saturated heterocycles. The van der Waals surface area contributed by atoms with Crippen LogP contribution >= 0.6 is 34.2 Å². The lowest BCUT2D eigenvalue weighted by atomic mass is 9.87. The predicted molar refractivity (Wildman–Crippen MR) is 79.2 cm³/mol. The highest BCUT2D eigenvalue weighted by atomic mass is 127. The second kappa shape index (κ2) is 4.73. The van der Waals surface area contributed by atoms with Crippen LogP contribution in [0.25, 0.3) is 0 Å². The Morgan fingerprint density at radius 2 is 2.19 bits per heavy atom. The van der Waals surface area contributed by atoms with Crippen molar-refractivity contribution in [3.63, 3.8) is 0 Å². The van der Waals surface area contributed by atoms with Crippen molar-refractivity contribution >= 4 is 39.9 Å². The molecular weight excluding hydrogens is 333 g/mol. The second-order valence-corrected chi connectivity index (χ2v) is 6.80. The maximum atomic E-state index is 5.96. The molecule has 0 spiro atoms. The zero-order valence-electron chi connectivity index (χ0n) is 9.69. The van der Waals surface area contributed by atoms with Gasteiger partial charge in [-0.25, -0.2) is 0 Å². The Morgan fingerprint density at radius 1 is 1.44 bits per heavy atom. The number of rotatable bonds is 2. The van der Waals surface area contributed by atoms with Crippen LogP contribution in [-0.4, -0.2) is 6.04 Å². The number of anilines is 1. The van der Waals surface area contributed by atoms with Crippen LogP contribution in [-0.2, 0) is 0 Å². The van der Waals surface area contributed by atoms with Crippen LogP contribution in [0.1, 0.15) is 33.1 Å². The summed E-state index contributed by atoms with van der Waals surface area (Å²) in [4.78, 5) is 0. The number of hydrogen-bond acceptors (Lipinski definition) is 1. The lowest BCUT2D eigenvalue weighted by Crippen LogP contribution is -2.31. The van der Waals surface area contributed by atoms with Crippen LogP contribution in [0.5, 0.6) is 0 Å². The quantitative estimate of drug-likeness (QED) is 0.746. The molecule has 1 nitrogen and oxygen atoms in total. The van der Waals surface area contributed by atoms with Crippen molar-refractivity contribution in [1.29, 1.82) is 0 Å². The van der Waals surface area contributed by atoms with Gasteiger partial charge < -0.3 is 5.32 Å². The first kappa shape index (κ1) is 12.5. The molecule has 1 saturated carbocycles. The number of benzene rings is 1. The minimum Gasteiger partial charge on any atom is -0.381 e. The third kappa shape index (κ3) is 2.65. The molecule has 2 rings (SSSR count). The summed E-state index contributed by atoms with van der Waals surface area (Å²) in [6, 6.07) is 6.63. The Balaban J connectivity index is 2.15. The summed E-state index contributed by atoms with van der Waals surface area (Å²) in [5.41, 5.74) is 1.62. The summed E-state index contributed by atoms with van der Waals surface area (Å²) in [5.74, 6) is 0. The molecule has 3 heteroatoms. The molecule has 1 N–H and O–H groups in total. The van der Waals surface area contributed by atoms with E-state index in [2.05, 4.69) is 47.8 Å². The van der Waals surface area contributed by atoms with Crippen molar-refractivity contribution in [2.45, 2.75) is 39.2 Å². The van der Waals surface area contributed by atoms with Gasteiger partial charge in [-0.05, 0) is 59.0 Å². The van der Waals surface area contributed by atoms with Crippen molar-refractivity contribution < 1.29 is 0 Å². The molecule has 0 heterocycles. The number of halogens is 2. The summed E-state index contributed by atoms with van der Waals surface area (Å²) in [6.45, 7) is 4.70. The summed E-state index contributed by atoms with van der Waals surface area (Å²) >= 11 is 8.29. The largest absolute Gasteiger partial charge is 0.381 e. The monoisotopic (exact) mass is 349 g/mol. The van der Waals surface area contributed by atoms with E-state index in [1.165, 1.54) is 28.5 Å². The van der Waals surface area contributed by atoms with Crippen LogP contribution in [0, 0.1) is 8.99 Å². The van der Waals surface area contributed by atoms with Crippen molar-refractivity contribution in [2.24, 2.45) is 5.41 Å². The van der Waals surface area contributed by atoms with E-state index in [0.29, 0.717) is 11.5 Å².